The maximum absolute atomic E-state index is 11.7. The van der Waals surface area contributed by atoms with Gasteiger partial charge in [-0.1, -0.05) is 12.5 Å². The summed E-state index contributed by atoms with van der Waals surface area (Å²) in [6.07, 6.45) is 13.6. The van der Waals surface area contributed by atoms with E-state index in [0.29, 0.717) is 23.0 Å². The van der Waals surface area contributed by atoms with E-state index < -0.39 is 0 Å². The highest BCUT2D eigenvalue weighted by atomic mass is 16.1. The molecule has 22 heavy (non-hydrogen) atoms. The Morgan fingerprint density at radius 1 is 1.14 bits per heavy atom. The third kappa shape index (κ3) is 1.91. The van der Waals surface area contributed by atoms with E-state index in [1.54, 1.807) is 0 Å². The van der Waals surface area contributed by atoms with Gasteiger partial charge in [-0.2, -0.15) is 0 Å². The minimum absolute atomic E-state index is 0.313. The monoisotopic (exact) mass is 300 g/mol. The summed E-state index contributed by atoms with van der Waals surface area (Å²) in [4.78, 5) is 23.3. The molecule has 0 radical (unpaired) electrons. The van der Waals surface area contributed by atoms with E-state index >= 15 is 0 Å². The number of carbonyl (C=O) groups excluding carboxylic acids is 2. The van der Waals surface area contributed by atoms with Crippen LogP contribution in [0.4, 0.5) is 0 Å². The third-order valence-corrected chi connectivity index (χ3v) is 7.91. The molecule has 4 unspecified atom stereocenters. The predicted octanol–water partition coefficient (Wildman–Crippen LogP) is 4.33. The summed E-state index contributed by atoms with van der Waals surface area (Å²) in [6, 6.07) is 0. The maximum atomic E-state index is 11.7. The van der Waals surface area contributed by atoms with E-state index in [-0.39, 0.29) is 0 Å². The molecule has 3 fully saturated rings. The van der Waals surface area contributed by atoms with E-state index in [0.717, 1.165) is 43.4 Å². The summed E-state index contributed by atoms with van der Waals surface area (Å²) in [5.41, 5.74) is 1.78. The number of rotatable bonds is 2. The summed E-state index contributed by atoms with van der Waals surface area (Å²) < 4.78 is 0. The lowest BCUT2D eigenvalue weighted by atomic mass is 9.50. The van der Waals surface area contributed by atoms with Crippen molar-refractivity contribution < 1.29 is 9.59 Å². The summed E-state index contributed by atoms with van der Waals surface area (Å²) >= 11 is 0. The lowest BCUT2D eigenvalue weighted by molar-refractivity contribution is -0.119. The van der Waals surface area contributed by atoms with Crippen LogP contribution in [0.3, 0.4) is 0 Å². The molecule has 3 saturated carbocycles. The zero-order valence-electron chi connectivity index (χ0n) is 13.7. The van der Waals surface area contributed by atoms with Crippen molar-refractivity contribution in [3.05, 3.63) is 11.6 Å². The SMILES string of the molecule is CC[C@]12CCC3C4CCC(=O)C=C4CCC3C1CC[C@@H]2C=O. The fourth-order valence-electron chi connectivity index (χ4n) is 6.94. The first kappa shape index (κ1) is 14.7. The maximum Gasteiger partial charge on any atom is 0.155 e. The smallest absolute Gasteiger partial charge is 0.155 e. The fraction of sp³-hybridized carbons (Fsp3) is 0.800. The molecule has 0 aromatic rings. The molecule has 4 aliphatic rings. The van der Waals surface area contributed by atoms with Gasteiger partial charge >= 0.3 is 0 Å². The predicted molar refractivity (Wildman–Crippen MR) is 86.3 cm³/mol. The molecule has 0 aromatic carbocycles. The molecule has 4 aliphatic carbocycles. The van der Waals surface area contributed by atoms with E-state index in [9.17, 15) is 9.59 Å². The van der Waals surface area contributed by atoms with Gasteiger partial charge in [0, 0.05) is 12.3 Å². The molecule has 0 aromatic heterocycles. The number of allylic oxidation sites excluding steroid dienone is 1. The van der Waals surface area contributed by atoms with E-state index in [1.165, 1.54) is 44.0 Å². The lowest BCUT2D eigenvalue weighted by Gasteiger charge is -2.54. The highest BCUT2D eigenvalue weighted by molar-refractivity contribution is 5.91. The second kappa shape index (κ2) is 5.32. The average Bonchev–Trinajstić information content (AvgIpc) is 2.93. The molecule has 0 aliphatic heterocycles. The average molecular weight is 300 g/mol. The van der Waals surface area contributed by atoms with Crippen LogP contribution in [0, 0.1) is 35.0 Å². The molecule has 2 nitrogen and oxygen atoms in total. The molecule has 120 valence electrons. The van der Waals surface area contributed by atoms with Gasteiger partial charge in [0.15, 0.2) is 5.78 Å². The lowest BCUT2D eigenvalue weighted by Crippen LogP contribution is -2.47. The zero-order chi connectivity index (χ0) is 15.3. The highest BCUT2D eigenvalue weighted by Crippen LogP contribution is 2.64. The van der Waals surface area contributed by atoms with Gasteiger partial charge in [-0.05, 0) is 86.5 Å². The third-order valence-electron chi connectivity index (χ3n) is 7.91. The van der Waals surface area contributed by atoms with Crippen LogP contribution in [0.5, 0.6) is 0 Å². The largest absolute Gasteiger partial charge is 0.303 e. The van der Waals surface area contributed by atoms with Gasteiger partial charge in [0.1, 0.15) is 6.29 Å². The van der Waals surface area contributed by atoms with Gasteiger partial charge in [-0.25, -0.2) is 0 Å². The van der Waals surface area contributed by atoms with Crippen LogP contribution in [-0.2, 0) is 9.59 Å². The molecule has 0 saturated heterocycles. The number of hydrogen-bond acceptors (Lipinski definition) is 2. The van der Waals surface area contributed by atoms with Crippen LogP contribution in [-0.4, -0.2) is 12.1 Å². The minimum atomic E-state index is 0.313. The Balaban J connectivity index is 1.64. The minimum Gasteiger partial charge on any atom is -0.303 e. The Labute approximate surface area is 133 Å². The summed E-state index contributed by atoms with van der Waals surface area (Å²) in [7, 11) is 0. The number of hydrogen-bond donors (Lipinski definition) is 0. The first-order valence-electron chi connectivity index (χ1n) is 9.38. The highest BCUT2D eigenvalue weighted by Gasteiger charge is 2.57. The van der Waals surface area contributed by atoms with Gasteiger partial charge in [-0.15, -0.1) is 0 Å². The molecule has 0 amide bonds. The van der Waals surface area contributed by atoms with Crippen LogP contribution < -0.4 is 0 Å². The van der Waals surface area contributed by atoms with Crippen molar-refractivity contribution in [1.82, 2.24) is 0 Å². The van der Waals surface area contributed by atoms with Crippen molar-refractivity contribution in [3.8, 4) is 0 Å². The molecule has 0 N–H and O–H groups in total. The summed E-state index contributed by atoms with van der Waals surface area (Å²) in [5.74, 6) is 3.73. The van der Waals surface area contributed by atoms with Gasteiger partial charge in [-0.3, -0.25) is 4.79 Å². The van der Waals surface area contributed by atoms with E-state index in [4.69, 9.17) is 0 Å². The first-order valence-corrected chi connectivity index (χ1v) is 9.38. The molecule has 4 rings (SSSR count). The summed E-state index contributed by atoms with van der Waals surface area (Å²) in [5, 5.41) is 0. The second-order valence-corrected chi connectivity index (χ2v) is 8.25. The quantitative estimate of drug-likeness (QED) is 0.711. The Morgan fingerprint density at radius 3 is 2.77 bits per heavy atom. The summed E-state index contributed by atoms with van der Waals surface area (Å²) in [6.45, 7) is 2.31. The topological polar surface area (TPSA) is 34.1 Å². The molecular weight excluding hydrogens is 272 g/mol. The van der Waals surface area contributed by atoms with Crippen molar-refractivity contribution >= 4 is 12.1 Å². The van der Waals surface area contributed by atoms with Crippen molar-refractivity contribution in [3.63, 3.8) is 0 Å². The van der Waals surface area contributed by atoms with Gasteiger partial charge in [0.2, 0.25) is 0 Å². The Kier molecular flexibility index (Phi) is 3.54. The van der Waals surface area contributed by atoms with Crippen LogP contribution in [0.2, 0.25) is 0 Å². The van der Waals surface area contributed by atoms with Crippen LogP contribution in [0.15, 0.2) is 11.6 Å². The molecule has 0 heterocycles. The van der Waals surface area contributed by atoms with Crippen LogP contribution >= 0.6 is 0 Å². The fourth-order valence-corrected chi connectivity index (χ4v) is 6.94. The number of fused-ring (bicyclic) bond motifs is 5. The van der Waals surface area contributed by atoms with E-state index in [2.05, 4.69) is 6.92 Å². The van der Waals surface area contributed by atoms with Crippen molar-refractivity contribution in [2.45, 2.75) is 64.7 Å². The Bertz CT molecular complexity index is 520. The standard InChI is InChI=1S/C20H28O2/c1-2-20-10-9-17-16-7-5-15(22)11-13(16)3-6-18(17)19(20)8-4-14(20)12-21/h11-12,14,16-19H,2-10H2,1H3/t14-,16?,17?,18?,19?,20-/m1/s1. The number of carbonyl (C=O) groups is 2. The van der Waals surface area contributed by atoms with Crippen molar-refractivity contribution in [1.29, 1.82) is 0 Å². The number of aldehydes is 1. The molecule has 2 heteroatoms. The Hall–Kier alpha value is -0.920. The Morgan fingerprint density at radius 2 is 2.00 bits per heavy atom. The molecular formula is C20H28O2. The van der Waals surface area contributed by atoms with Crippen LogP contribution in [0.1, 0.15) is 64.7 Å². The molecule has 6 atom stereocenters. The molecule has 0 bridgehead atoms. The van der Waals surface area contributed by atoms with Gasteiger partial charge in [0.25, 0.3) is 0 Å². The van der Waals surface area contributed by atoms with Crippen molar-refractivity contribution in [2.75, 3.05) is 0 Å². The van der Waals surface area contributed by atoms with E-state index in [1.807, 2.05) is 6.08 Å². The van der Waals surface area contributed by atoms with Crippen molar-refractivity contribution in [2.24, 2.45) is 35.0 Å². The second-order valence-electron chi connectivity index (χ2n) is 8.25. The van der Waals surface area contributed by atoms with Crippen LogP contribution in [0.25, 0.3) is 0 Å². The number of ketones is 1. The van der Waals surface area contributed by atoms with Gasteiger partial charge < -0.3 is 4.79 Å². The zero-order valence-corrected chi connectivity index (χ0v) is 13.7. The van der Waals surface area contributed by atoms with Gasteiger partial charge in [0.05, 0.1) is 0 Å². The first-order chi connectivity index (χ1) is 10.7. The molecule has 0 spiro atoms. The normalized spacial score (nSPS) is 47.2.